The van der Waals surface area contributed by atoms with Crippen molar-refractivity contribution in [2.24, 2.45) is 0 Å². The Morgan fingerprint density at radius 2 is 2.07 bits per heavy atom. The number of furan rings is 1. The minimum Gasteiger partial charge on any atom is -0.469 e. The maximum Gasteiger partial charge on any atom is 0.434 e. The molecule has 2 aromatic heterocycles. The van der Waals surface area contributed by atoms with Crippen molar-refractivity contribution >= 4 is 5.91 Å². The van der Waals surface area contributed by atoms with Gasteiger partial charge in [0.2, 0.25) is 0 Å². The molecule has 4 rings (SSSR count). The molecule has 0 bridgehead atoms. The number of hydrogen-bond acceptors (Lipinski definition) is 3. The molecular formula is C20H18F3N3O2. The molecule has 0 fully saturated rings. The van der Waals surface area contributed by atoms with E-state index in [-0.39, 0.29) is 11.7 Å². The summed E-state index contributed by atoms with van der Waals surface area (Å²) in [5.74, 6) is -0.0330. The summed E-state index contributed by atoms with van der Waals surface area (Å²) in [5.41, 5.74) is 0.149. The maximum absolute atomic E-state index is 13.8. The van der Waals surface area contributed by atoms with Gasteiger partial charge in [-0.1, -0.05) is 18.2 Å². The number of nitrogens with one attached hydrogen (secondary N) is 1. The van der Waals surface area contributed by atoms with Gasteiger partial charge in [-0.3, -0.25) is 4.79 Å². The average Bonchev–Trinajstić information content (AvgIpc) is 3.29. The minimum absolute atomic E-state index is 0.281. The van der Waals surface area contributed by atoms with Gasteiger partial charge in [0.1, 0.15) is 5.76 Å². The first kappa shape index (κ1) is 18.3. The number of carbonyl (C=O) groups excluding carboxylic acids is 1. The quantitative estimate of drug-likeness (QED) is 0.712. The van der Waals surface area contributed by atoms with Crippen LogP contribution in [0.2, 0.25) is 0 Å². The lowest BCUT2D eigenvalue weighted by Crippen LogP contribution is -2.32. The third-order valence-electron chi connectivity index (χ3n) is 4.98. The van der Waals surface area contributed by atoms with Crippen LogP contribution in [0.4, 0.5) is 13.2 Å². The molecule has 146 valence electrons. The van der Waals surface area contributed by atoms with E-state index in [0.29, 0.717) is 12.0 Å². The summed E-state index contributed by atoms with van der Waals surface area (Å²) in [6.07, 6.45) is -0.0334. The van der Waals surface area contributed by atoms with Crippen molar-refractivity contribution in [2.45, 2.75) is 38.4 Å². The Kier molecular flexibility index (Phi) is 4.49. The van der Waals surface area contributed by atoms with E-state index in [2.05, 4.69) is 10.4 Å². The van der Waals surface area contributed by atoms with Crippen LogP contribution in [0.5, 0.6) is 0 Å². The number of amides is 1. The van der Waals surface area contributed by atoms with Gasteiger partial charge < -0.3 is 9.73 Å². The van der Waals surface area contributed by atoms with Crippen molar-refractivity contribution in [3.05, 3.63) is 70.9 Å². The number of aromatic nitrogens is 2. The first-order valence-corrected chi connectivity index (χ1v) is 8.94. The molecule has 2 heterocycles. The van der Waals surface area contributed by atoms with E-state index in [4.69, 9.17) is 4.42 Å². The summed E-state index contributed by atoms with van der Waals surface area (Å²) < 4.78 is 47.7. The number of alkyl halides is 3. The Balaban J connectivity index is 1.71. The smallest absolute Gasteiger partial charge is 0.434 e. The lowest BCUT2D eigenvalue weighted by atomic mass is 9.93. The summed E-state index contributed by atoms with van der Waals surface area (Å²) in [6, 6.07) is 7.97. The number of nitrogens with zero attached hydrogens (tertiary/aromatic N) is 2. The number of para-hydroxylation sites is 1. The highest BCUT2D eigenvalue weighted by Crippen LogP contribution is 2.35. The molecule has 28 heavy (non-hydrogen) atoms. The molecule has 1 aliphatic carbocycles. The normalized spacial score (nSPS) is 16.6. The molecule has 3 aromatic rings. The summed E-state index contributed by atoms with van der Waals surface area (Å²) >= 11 is 0. The average molecular weight is 389 g/mol. The van der Waals surface area contributed by atoms with Gasteiger partial charge in [0, 0.05) is 12.0 Å². The van der Waals surface area contributed by atoms with E-state index >= 15 is 0 Å². The Morgan fingerprint density at radius 3 is 2.82 bits per heavy atom. The lowest BCUT2D eigenvalue weighted by molar-refractivity contribution is -0.143. The van der Waals surface area contributed by atoms with Crippen LogP contribution in [0.1, 0.15) is 51.8 Å². The van der Waals surface area contributed by atoms with Crippen molar-refractivity contribution < 1.29 is 22.4 Å². The van der Waals surface area contributed by atoms with Crippen LogP contribution >= 0.6 is 0 Å². The molecule has 8 heteroatoms. The highest BCUT2D eigenvalue weighted by atomic mass is 19.4. The predicted molar refractivity (Wildman–Crippen MR) is 95.2 cm³/mol. The monoisotopic (exact) mass is 389 g/mol. The van der Waals surface area contributed by atoms with E-state index in [0.717, 1.165) is 35.0 Å². The van der Waals surface area contributed by atoms with Gasteiger partial charge in [0.05, 0.1) is 29.8 Å². The second kappa shape index (κ2) is 6.85. The molecule has 0 spiro atoms. The molecule has 1 amide bonds. The van der Waals surface area contributed by atoms with E-state index in [1.54, 1.807) is 31.2 Å². The van der Waals surface area contributed by atoms with Crippen molar-refractivity contribution in [2.75, 3.05) is 0 Å². The fraction of sp³-hybridized carbons (Fsp3) is 0.300. The molecule has 0 saturated heterocycles. The van der Waals surface area contributed by atoms with Crippen molar-refractivity contribution in [3.8, 4) is 5.69 Å². The fourth-order valence-corrected chi connectivity index (χ4v) is 3.64. The number of carbonyl (C=O) groups is 1. The van der Waals surface area contributed by atoms with Gasteiger partial charge in [-0.15, -0.1) is 0 Å². The highest BCUT2D eigenvalue weighted by Gasteiger charge is 2.41. The van der Waals surface area contributed by atoms with Gasteiger partial charge in [-0.05, 0) is 37.5 Å². The molecular weight excluding hydrogens is 371 g/mol. The topological polar surface area (TPSA) is 60.1 Å². The van der Waals surface area contributed by atoms with Crippen LogP contribution in [0.25, 0.3) is 5.69 Å². The second-order valence-electron chi connectivity index (χ2n) is 6.82. The summed E-state index contributed by atoms with van der Waals surface area (Å²) in [7, 11) is 0. The molecule has 1 aromatic carbocycles. The van der Waals surface area contributed by atoms with E-state index in [1.165, 1.54) is 12.3 Å². The van der Waals surface area contributed by atoms with Crippen LogP contribution < -0.4 is 5.32 Å². The fourth-order valence-electron chi connectivity index (χ4n) is 3.64. The molecule has 5 nitrogen and oxygen atoms in total. The molecule has 1 aliphatic rings. The highest BCUT2D eigenvalue weighted by molar-refractivity contribution is 5.95. The van der Waals surface area contributed by atoms with Crippen LogP contribution in [0.3, 0.4) is 0 Å². The minimum atomic E-state index is -4.74. The number of aryl methyl sites for hydroxylation is 2. The van der Waals surface area contributed by atoms with Gasteiger partial charge >= 0.3 is 6.18 Å². The van der Waals surface area contributed by atoms with Gasteiger partial charge in [-0.2, -0.15) is 18.3 Å². The SMILES string of the molecule is Cc1ccccc1-n1ncc(C(=O)NC2CCCc3occc32)c1C(F)(F)F. The van der Waals surface area contributed by atoms with Gasteiger partial charge in [0.25, 0.3) is 5.91 Å². The maximum atomic E-state index is 13.8. The summed E-state index contributed by atoms with van der Waals surface area (Å²) in [4.78, 5) is 12.7. The zero-order valence-electron chi connectivity index (χ0n) is 15.1. The number of fused-ring (bicyclic) bond motifs is 1. The van der Waals surface area contributed by atoms with Crippen molar-refractivity contribution in [3.63, 3.8) is 0 Å². The Bertz CT molecular complexity index is 1020. The van der Waals surface area contributed by atoms with E-state index in [9.17, 15) is 18.0 Å². The first-order chi connectivity index (χ1) is 13.4. The zero-order chi connectivity index (χ0) is 19.9. The van der Waals surface area contributed by atoms with Crippen molar-refractivity contribution in [1.82, 2.24) is 15.1 Å². The first-order valence-electron chi connectivity index (χ1n) is 8.94. The van der Waals surface area contributed by atoms with Crippen LogP contribution in [0.15, 0.2) is 47.2 Å². The molecule has 1 N–H and O–H groups in total. The summed E-state index contributed by atoms with van der Waals surface area (Å²) in [6.45, 7) is 1.69. The number of benzene rings is 1. The number of rotatable bonds is 3. The van der Waals surface area contributed by atoms with Crippen LogP contribution in [-0.2, 0) is 12.6 Å². The summed E-state index contributed by atoms with van der Waals surface area (Å²) in [5, 5.41) is 6.60. The molecule has 0 saturated carbocycles. The second-order valence-corrected chi connectivity index (χ2v) is 6.82. The lowest BCUT2D eigenvalue weighted by Gasteiger charge is -2.23. The van der Waals surface area contributed by atoms with E-state index in [1.807, 2.05) is 0 Å². The predicted octanol–water partition coefficient (Wildman–Crippen LogP) is 4.60. The van der Waals surface area contributed by atoms with Crippen LogP contribution in [0, 0.1) is 6.92 Å². The third-order valence-corrected chi connectivity index (χ3v) is 4.98. The van der Waals surface area contributed by atoms with Crippen LogP contribution in [-0.4, -0.2) is 15.7 Å². The Labute approximate surface area is 159 Å². The standard InChI is InChI=1S/C20H18F3N3O2/c1-12-5-2-3-7-16(12)26-18(20(21,22)23)14(11-24-26)19(27)25-15-6-4-8-17-13(15)9-10-28-17/h2-3,5,7,9-11,15H,4,6,8H2,1H3,(H,25,27). The van der Waals surface area contributed by atoms with E-state index < -0.39 is 23.3 Å². The molecule has 1 atom stereocenters. The number of halogens is 3. The molecule has 0 aliphatic heterocycles. The largest absolute Gasteiger partial charge is 0.469 e. The molecule has 1 unspecified atom stereocenters. The third kappa shape index (κ3) is 3.19. The zero-order valence-corrected chi connectivity index (χ0v) is 15.1. The Hall–Kier alpha value is -3.03. The Morgan fingerprint density at radius 1 is 1.29 bits per heavy atom. The molecule has 0 radical (unpaired) electrons. The van der Waals surface area contributed by atoms with Gasteiger partial charge in [-0.25, -0.2) is 4.68 Å². The number of hydrogen-bond donors (Lipinski definition) is 1. The van der Waals surface area contributed by atoms with Gasteiger partial charge in [0.15, 0.2) is 5.69 Å². The van der Waals surface area contributed by atoms with Crippen molar-refractivity contribution in [1.29, 1.82) is 0 Å².